The maximum absolute atomic E-state index is 11.9. The van der Waals surface area contributed by atoms with Gasteiger partial charge < -0.3 is 39.4 Å². The molecule has 1 aromatic rings. The number of amides is 2. The van der Waals surface area contributed by atoms with Gasteiger partial charge in [-0.25, -0.2) is 19.2 Å². The molecule has 1 aromatic carbocycles. The minimum absolute atomic E-state index is 0.0331. The first-order chi connectivity index (χ1) is 20.1. The molecule has 0 fully saturated rings. The molecule has 0 radical (unpaired) electrons. The average Bonchev–Trinajstić information content (AvgIpc) is 2.96. The summed E-state index contributed by atoms with van der Waals surface area (Å²) in [6.07, 6.45) is 2.06. The molecule has 12 nitrogen and oxygen atoms in total. The molecule has 0 aromatic heterocycles. The lowest BCUT2D eigenvalue weighted by atomic mass is 10.2. The lowest BCUT2D eigenvalue weighted by Gasteiger charge is -2.14. The van der Waals surface area contributed by atoms with Gasteiger partial charge in [-0.05, 0) is 70.1 Å². The number of nitrogens with one attached hydrogen (secondary N) is 2. The Kier molecular flexibility index (Phi) is 18.5. The standard InChI is InChI=1S/C30H44N2O10/c1-22(2)27(34)38-16-9-5-7-14-31-29(36)41-19-24-12-11-13-26(18-24)40-20-25(33)21-42-30(37)32-15-8-6-10-17-39-28(35)23(3)4/h11-13,18,25,33H,1,3,5-10,14-17,19-21H2,2,4H3,(H,31,36)(H,32,37). The summed E-state index contributed by atoms with van der Waals surface area (Å²) in [4.78, 5) is 46.3. The van der Waals surface area contributed by atoms with Gasteiger partial charge >= 0.3 is 24.1 Å². The highest BCUT2D eigenvalue weighted by atomic mass is 16.6. The Hall–Kier alpha value is -4.06. The second kappa shape index (κ2) is 21.7. The molecule has 0 aliphatic rings. The molecule has 3 N–H and O–H groups in total. The molecule has 0 saturated carbocycles. The van der Waals surface area contributed by atoms with E-state index < -0.39 is 30.2 Å². The number of hydrogen-bond acceptors (Lipinski definition) is 10. The average molecular weight is 593 g/mol. The van der Waals surface area contributed by atoms with E-state index in [4.69, 9.17) is 23.7 Å². The third-order valence-electron chi connectivity index (χ3n) is 5.46. The third kappa shape index (κ3) is 18.3. The topological polar surface area (TPSA) is 159 Å². The third-order valence-corrected chi connectivity index (χ3v) is 5.46. The van der Waals surface area contributed by atoms with Crippen molar-refractivity contribution in [2.24, 2.45) is 0 Å². The second-order valence-corrected chi connectivity index (χ2v) is 9.59. The summed E-state index contributed by atoms with van der Waals surface area (Å²) in [5, 5.41) is 15.3. The predicted octanol–water partition coefficient (Wildman–Crippen LogP) is 3.96. The monoisotopic (exact) mass is 592 g/mol. The molecule has 234 valence electrons. The normalized spacial score (nSPS) is 11.0. The zero-order valence-corrected chi connectivity index (χ0v) is 24.6. The highest BCUT2D eigenvalue weighted by Crippen LogP contribution is 2.14. The molecule has 42 heavy (non-hydrogen) atoms. The van der Waals surface area contributed by atoms with Gasteiger partial charge in [0.05, 0.1) is 13.2 Å². The van der Waals surface area contributed by atoms with Crippen molar-refractivity contribution in [3.63, 3.8) is 0 Å². The van der Waals surface area contributed by atoms with E-state index in [-0.39, 0.29) is 19.8 Å². The van der Waals surface area contributed by atoms with Crippen LogP contribution in [0.4, 0.5) is 9.59 Å². The van der Waals surface area contributed by atoms with E-state index in [0.717, 1.165) is 12.8 Å². The molecular weight excluding hydrogens is 548 g/mol. The smallest absolute Gasteiger partial charge is 0.407 e. The first kappa shape index (κ1) is 36.0. The fraction of sp³-hybridized carbons (Fsp3) is 0.533. The molecule has 1 atom stereocenters. The number of aliphatic hydroxyl groups is 1. The van der Waals surface area contributed by atoms with Crippen molar-refractivity contribution in [1.82, 2.24) is 10.6 Å². The van der Waals surface area contributed by atoms with Gasteiger partial charge in [0.2, 0.25) is 0 Å². The van der Waals surface area contributed by atoms with Crippen molar-refractivity contribution < 1.29 is 48.0 Å². The number of carbonyl (C=O) groups is 4. The van der Waals surface area contributed by atoms with Gasteiger partial charge in [0.25, 0.3) is 0 Å². The van der Waals surface area contributed by atoms with Crippen molar-refractivity contribution in [3.05, 3.63) is 54.1 Å². The van der Waals surface area contributed by atoms with E-state index in [1.807, 2.05) is 0 Å². The zero-order valence-electron chi connectivity index (χ0n) is 24.6. The van der Waals surface area contributed by atoms with E-state index in [9.17, 15) is 24.3 Å². The van der Waals surface area contributed by atoms with Crippen LogP contribution in [0, 0.1) is 0 Å². The molecule has 1 rings (SSSR count). The van der Waals surface area contributed by atoms with Crippen LogP contribution in [0.15, 0.2) is 48.6 Å². The van der Waals surface area contributed by atoms with Crippen LogP contribution in [0.5, 0.6) is 5.75 Å². The summed E-state index contributed by atoms with van der Waals surface area (Å²) in [6.45, 7) is 11.3. The lowest BCUT2D eigenvalue weighted by molar-refractivity contribution is -0.139. The van der Waals surface area contributed by atoms with Crippen molar-refractivity contribution in [3.8, 4) is 5.75 Å². The molecule has 0 aliphatic carbocycles. The SMILES string of the molecule is C=C(C)C(=O)OCCCCCNC(=O)OCc1cccc(OCC(O)COC(=O)NCCCCCOC(=O)C(=C)C)c1. The minimum Gasteiger partial charge on any atom is -0.491 e. The summed E-state index contributed by atoms with van der Waals surface area (Å²) in [5.74, 6) is -0.359. The van der Waals surface area contributed by atoms with Gasteiger partial charge in [-0.15, -0.1) is 0 Å². The zero-order chi connectivity index (χ0) is 31.2. The van der Waals surface area contributed by atoms with Gasteiger partial charge in [0, 0.05) is 24.2 Å². The summed E-state index contributed by atoms with van der Waals surface area (Å²) in [6, 6.07) is 6.87. The first-order valence-corrected chi connectivity index (χ1v) is 13.9. The number of unbranched alkanes of at least 4 members (excludes halogenated alkanes) is 4. The number of alkyl carbamates (subject to hydrolysis) is 2. The van der Waals surface area contributed by atoms with Crippen LogP contribution < -0.4 is 15.4 Å². The molecule has 0 heterocycles. The van der Waals surface area contributed by atoms with Crippen LogP contribution in [0.1, 0.15) is 57.9 Å². The lowest BCUT2D eigenvalue weighted by Crippen LogP contribution is -2.31. The minimum atomic E-state index is -1.04. The molecule has 0 aliphatic heterocycles. The van der Waals surface area contributed by atoms with Gasteiger partial charge in [0.1, 0.15) is 31.7 Å². The number of carbonyl (C=O) groups excluding carboxylic acids is 4. The summed E-state index contributed by atoms with van der Waals surface area (Å²) >= 11 is 0. The van der Waals surface area contributed by atoms with Gasteiger partial charge in [-0.2, -0.15) is 0 Å². The van der Waals surface area contributed by atoms with Crippen LogP contribution >= 0.6 is 0 Å². The first-order valence-electron chi connectivity index (χ1n) is 13.9. The van der Waals surface area contributed by atoms with Crippen molar-refractivity contribution in [1.29, 1.82) is 0 Å². The molecule has 0 saturated heterocycles. The molecule has 0 spiro atoms. The molecule has 12 heteroatoms. The van der Waals surface area contributed by atoms with Crippen LogP contribution in [0.2, 0.25) is 0 Å². The Bertz CT molecular complexity index is 1030. The fourth-order valence-electron chi connectivity index (χ4n) is 3.15. The highest BCUT2D eigenvalue weighted by molar-refractivity contribution is 5.87. The Morgan fingerprint density at radius 1 is 0.762 bits per heavy atom. The van der Waals surface area contributed by atoms with Crippen LogP contribution in [0.25, 0.3) is 0 Å². The number of esters is 2. The summed E-state index contributed by atoms with van der Waals surface area (Å²) < 4.78 is 25.8. The van der Waals surface area contributed by atoms with Crippen molar-refractivity contribution in [2.45, 2.75) is 65.1 Å². The van der Waals surface area contributed by atoms with Gasteiger partial charge in [-0.3, -0.25) is 0 Å². The molecular formula is C30H44N2O10. The predicted molar refractivity (Wildman–Crippen MR) is 155 cm³/mol. The van der Waals surface area contributed by atoms with Gasteiger partial charge in [-0.1, -0.05) is 25.3 Å². The maximum Gasteiger partial charge on any atom is 0.407 e. The maximum atomic E-state index is 11.9. The number of hydrogen-bond donors (Lipinski definition) is 3. The fourth-order valence-corrected chi connectivity index (χ4v) is 3.15. The molecule has 0 bridgehead atoms. The van der Waals surface area contributed by atoms with E-state index in [1.54, 1.807) is 38.1 Å². The number of rotatable bonds is 21. The largest absolute Gasteiger partial charge is 0.491 e. The van der Waals surface area contributed by atoms with Crippen LogP contribution in [-0.4, -0.2) is 74.9 Å². The van der Waals surface area contributed by atoms with E-state index in [0.29, 0.717) is 74.4 Å². The molecule has 2 amide bonds. The van der Waals surface area contributed by atoms with Crippen molar-refractivity contribution >= 4 is 24.1 Å². The Morgan fingerprint density at radius 2 is 1.31 bits per heavy atom. The summed E-state index contributed by atoms with van der Waals surface area (Å²) in [7, 11) is 0. The second-order valence-electron chi connectivity index (χ2n) is 9.59. The van der Waals surface area contributed by atoms with Crippen LogP contribution in [-0.2, 0) is 35.1 Å². The Labute approximate surface area is 247 Å². The van der Waals surface area contributed by atoms with E-state index in [2.05, 4.69) is 23.8 Å². The number of benzene rings is 1. The highest BCUT2D eigenvalue weighted by Gasteiger charge is 2.11. The van der Waals surface area contributed by atoms with E-state index in [1.165, 1.54) is 0 Å². The molecule has 1 unspecified atom stereocenters. The quantitative estimate of drug-likeness (QED) is 0.0826. The van der Waals surface area contributed by atoms with Gasteiger partial charge in [0.15, 0.2) is 0 Å². The number of ether oxygens (including phenoxy) is 5. The Balaban J connectivity index is 2.13. The Morgan fingerprint density at radius 3 is 1.86 bits per heavy atom. The van der Waals surface area contributed by atoms with E-state index >= 15 is 0 Å². The summed E-state index contributed by atoms with van der Waals surface area (Å²) in [5.41, 5.74) is 1.42. The van der Waals surface area contributed by atoms with Crippen molar-refractivity contribution in [2.75, 3.05) is 39.5 Å². The van der Waals surface area contributed by atoms with Crippen LogP contribution in [0.3, 0.4) is 0 Å². The number of aliphatic hydroxyl groups excluding tert-OH is 1.